The van der Waals surface area contributed by atoms with Gasteiger partial charge in [0.2, 0.25) is 5.91 Å². The first kappa shape index (κ1) is 15.8. The Bertz CT molecular complexity index is 736. The molecule has 2 aromatic rings. The number of carbonyl (C=O) groups is 1. The van der Waals surface area contributed by atoms with Crippen LogP contribution in [0.25, 0.3) is 0 Å². The summed E-state index contributed by atoms with van der Waals surface area (Å²) in [5.74, 6) is -0.170. The Morgan fingerprint density at radius 2 is 2.04 bits per heavy atom. The molecule has 2 heterocycles. The summed E-state index contributed by atoms with van der Waals surface area (Å²) in [5.41, 5.74) is 0.957. The van der Waals surface area contributed by atoms with Crippen molar-refractivity contribution in [3.63, 3.8) is 0 Å². The Morgan fingerprint density at radius 3 is 2.83 bits per heavy atom. The third kappa shape index (κ3) is 3.47. The molecule has 0 radical (unpaired) electrons. The van der Waals surface area contributed by atoms with Crippen molar-refractivity contribution in [1.82, 2.24) is 9.97 Å². The van der Waals surface area contributed by atoms with Gasteiger partial charge in [-0.15, -0.1) is 0 Å². The molecule has 1 aliphatic rings. The van der Waals surface area contributed by atoms with Crippen LogP contribution in [-0.2, 0) is 17.4 Å². The average Bonchev–Trinajstić information content (AvgIpc) is 2.96. The summed E-state index contributed by atoms with van der Waals surface area (Å²) in [6.45, 7) is 0.586. The highest BCUT2D eigenvalue weighted by Crippen LogP contribution is 2.30. The van der Waals surface area contributed by atoms with Gasteiger partial charge in [-0.05, 0) is 24.1 Å². The number of hydrogen-bond acceptors (Lipinski definition) is 4. The van der Waals surface area contributed by atoms with Crippen LogP contribution in [0.1, 0.15) is 11.3 Å². The second-order valence-corrected chi connectivity index (χ2v) is 5.88. The number of aromatic nitrogens is 2. The van der Waals surface area contributed by atoms with Gasteiger partial charge < -0.3 is 4.90 Å². The maximum Gasteiger partial charge on any atom is 0.433 e. The van der Waals surface area contributed by atoms with Crippen LogP contribution >= 0.6 is 11.8 Å². The lowest BCUT2D eigenvalue weighted by Crippen LogP contribution is -2.30. The maximum atomic E-state index is 12.6. The molecule has 0 saturated heterocycles. The van der Waals surface area contributed by atoms with Gasteiger partial charge in [0.05, 0.1) is 5.75 Å². The number of anilines is 1. The summed E-state index contributed by atoms with van der Waals surface area (Å²) < 4.78 is 37.8. The molecule has 0 saturated carbocycles. The highest BCUT2D eigenvalue weighted by molar-refractivity contribution is 7.99. The Labute approximate surface area is 134 Å². The van der Waals surface area contributed by atoms with Crippen molar-refractivity contribution < 1.29 is 18.0 Å². The standard InChI is InChI=1S/C15H12F3N3OS/c16-15(17,18)12-5-7-19-14(20-12)23-9-13(22)21-8-6-10-3-1-2-4-11(10)21/h1-5,7H,6,8-9H2. The van der Waals surface area contributed by atoms with E-state index in [0.29, 0.717) is 6.54 Å². The van der Waals surface area contributed by atoms with E-state index in [2.05, 4.69) is 9.97 Å². The minimum atomic E-state index is -4.52. The molecule has 0 unspecified atom stereocenters. The number of halogens is 3. The normalized spacial score (nSPS) is 14.0. The monoisotopic (exact) mass is 339 g/mol. The molecule has 0 fully saturated rings. The first-order valence-electron chi connectivity index (χ1n) is 6.86. The van der Waals surface area contributed by atoms with Crippen LogP contribution in [0.15, 0.2) is 41.7 Å². The predicted octanol–water partition coefficient (Wildman–Crippen LogP) is 3.18. The van der Waals surface area contributed by atoms with Gasteiger partial charge in [0.1, 0.15) is 5.69 Å². The molecular formula is C15H12F3N3OS. The van der Waals surface area contributed by atoms with E-state index in [1.54, 1.807) is 4.90 Å². The van der Waals surface area contributed by atoms with E-state index in [1.807, 2.05) is 24.3 Å². The van der Waals surface area contributed by atoms with Gasteiger partial charge in [-0.3, -0.25) is 4.79 Å². The molecule has 1 aliphatic heterocycles. The van der Waals surface area contributed by atoms with E-state index in [0.717, 1.165) is 41.7 Å². The molecule has 0 aliphatic carbocycles. The number of amides is 1. The van der Waals surface area contributed by atoms with Crippen molar-refractivity contribution in [2.45, 2.75) is 17.8 Å². The zero-order valence-electron chi connectivity index (χ0n) is 11.9. The van der Waals surface area contributed by atoms with Gasteiger partial charge >= 0.3 is 6.18 Å². The molecule has 0 atom stereocenters. The topological polar surface area (TPSA) is 46.1 Å². The molecular weight excluding hydrogens is 327 g/mol. The summed E-state index contributed by atoms with van der Waals surface area (Å²) >= 11 is 0.907. The van der Waals surface area contributed by atoms with Crippen LogP contribution in [0.2, 0.25) is 0 Å². The number of hydrogen-bond donors (Lipinski definition) is 0. The largest absolute Gasteiger partial charge is 0.433 e. The van der Waals surface area contributed by atoms with Crippen molar-refractivity contribution in [1.29, 1.82) is 0 Å². The Morgan fingerprint density at radius 1 is 1.26 bits per heavy atom. The number of alkyl halides is 3. The smallest absolute Gasteiger partial charge is 0.311 e. The van der Waals surface area contributed by atoms with E-state index >= 15 is 0 Å². The Kier molecular flexibility index (Phi) is 4.25. The van der Waals surface area contributed by atoms with Crippen molar-refractivity contribution in [2.24, 2.45) is 0 Å². The summed E-state index contributed by atoms with van der Waals surface area (Å²) in [4.78, 5) is 21.2. The van der Waals surface area contributed by atoms with Crippen LogP contribution in [0.4, 0.5) is 18.9 Å². The second-order valence-electron chi connectivity index (χ2n) is 4.93. The second kappa shape index (κ2) is 6.19. The van der Waals surface area contributed by atoms with Crippen molar-refractivity contribution in [3.05, 3.63) is 47.8 Å². The third-order valence-corrected chi connectivity index (χ3v) is 4.28. The highest BCUT2D eigenvalue weighted by Gasteiger charge is 2.33. The summed E-state index contributed by atoms with van der Waals surface area (Å²) in [6.07, 6.45) is -2.68. The summed E-state index contributed by atoms with van der Waals surface area (Å²) in [7, 11) is 0. The van der Waals surface area contributed by atoms with Crippen LogP contribution in [-0.4, -0.2) is 28.2 Å². The molecule has 4 nitrogen and oxygen atoms in total. The fourth-order valence-electron chi connectivity index (χ4n) is 2.37. The maximum absolute atomic E-state index is 12.6. The lowest BCUT2D eigenvalue weighted by Gasteiger charge is -2.16. The number of carbonyl (C=O) groups excluding carboxylic acids is 1. The van der Waals surface area contributed by atoms with E-state index in [9.17, 15) is 18.0 Å². The number of benzene rings is 1. The lowest BCUT2D eigenvalue weighted by atomic mass is 10.2. The van der Waals surface area contributed by atoms with Crippen LogP contribution in [0, 0.1) is 0 Å². The molecule has 0 spiro atoms. The molecule has 0 bridgehead atoms. The molecule has 3 rings (SSSR count). The highest BCUT2D eigenvalue weighted by atomic mass is 32.2. The lowest BCUT2D eigenvalue weighted by molar-refractivity contribution is -0.141. The van der Waals surface area contributed by atoms with Gasteiger partial charge in [0.15, 0.2) is 5.16 Å². The van der Waals surface area contributed by atoms with Crippen molar-refractivity contribution >= 4 is 23.4 Å². The number of para-hydroxylation sites is 1. The van der Waals surface area contributed by atoms with Gasteiger partial charge in [0, 0.05) is 18.4 Å². The van der Waals surface area contributed by atoms with Gasteiger partial charge in [0.25, 0.3) is 0 Å². The Balaban J connectivity index is 1.67. The van der Waals surface area contributed by atoms with Gasteiger partial charge in [-0.25, -0.2) is 9.97 Å². The number of nitrogens with zero attached hydrogens (tertiary/aromatic N) is 3. The third-order valence-electron chi connectivity index (χ3n) is 3.44. The molecule has 8 heteroatoms. The summed E-state index contributed by atoms with van der Waals surface area (Å²) in [5, 5.41) is -0.0549. The van der Waals surface area contributed by atoms with E-state index in [-0.39, 0.29) is 16.8 Å². The zero-order chi connectivity index (χ0) is 16.4. The Hall–Kier alpha value is -2.09. The van der Waals surface area contributed by atoms with E-state index < -0.39 is 11.9 Å². The van der Waals surface area contributed by atoms with E-state index in [4.69, 9.17) is 0 Å². The molecule has 0 N–H and O–H groups in total. The molecule has 120 valence electrons. The fraction of sp³-hybridized carbons (Fsp3) is 0.267. The molecule has 1 aromatic heterocycles. The minimum absolute atomic E-state index is 0.00432. The average molecular weight is 339 g/mol. The minimum Gasteiger partial charge on any atom is -0.311 e. The SMILES string of the molecule is O=C(CSc1nccc(C(F)(F)F)n1)N1CCc2ccccc21. The number of thioether (sulfide) groups is 1. The van der Waals surface area contributed by atoms with Crippen LogP contribution in [0.5, 0.6) is 0 Å². The zero-order valence-corrected chi connectivity index (χ0v) is 12.7. The van der Waals surface area contributed by atoms with Crippen molar-refractivity contribution in [3.8, 4) is 0 Å². The quantitative estimate of drug-likeness (QED) is 0.636. The first-order chi connectivity index (χ1) is 10.9. The molecule has 1 amide bonds. The molecule has 1 aromatic carbocycles. The number of fused-ring (bicyclic) bond motifs is 1. The van der Waals surface area contributed by atoms with Crippen molar-refractivity contribution in [2.75, 3.05) is 17.2 Å². The summed E-state index contributed by atoms with van der Waals surface area (Å²) in [6, 6.07) is 8.41. The van der Waals surface area contributed by atoms with Crippen LogP contribution in [0.3, 0.4) is 0 Å². The first-order valence-corrected chi connectivity index (χ1v) is 7.85. The predicted molar refractivity (Wildman–Crippen MR) is 80.3 cm³/mol. The number of rotatable bonds is 3. The molecule has 23 heavy (non-hydrogen) atoms. The van der Waals surface area contributed by atoms with Crippen LogP contribution < -0.4 is 4.90 Å². The fourth-order valence-corrected chi connectivity index (χ4v) is 3.08. The van der Waals surface area contributed by atoms with Gasteiger partial charge in [-0.1, -0.05) is 30.0 Å². The van der Waals surface area contributed by atoms with Gasteiger partial charge in [-0.2, -0.15) is 13.2 Å². The van der Waals surface area contributed by atoms with E-state index in [1.165, 1.54) is 0 Å².